The fourth-order valence-electron chi connectivity index (χ4n) is 2.45. The lowest BCUT2D eigenvalue weighted by molar-refractivity contribution is 0.659. The average Bonchev–Trinajstić information content (AvgIpc) is 2.93. The molecule has 20 heavy (non-hydrogen) atoms. The van der Waals surface area contributed by atoms with Gasteiger partial charge < -0.3 is 4.90 Å². The number of fused-ring (bicyclic) bond motifs is 1. The lowest BCUT2D eigenvalue weighted by Crippen LogP contribution is -2.30. The smallest absolute Gasteiger partial charge is 0.133 e. The Kier molecular flexibility index (Phi) is 3.70. The van der Waals surface area contributed by atoms with Crippen LogP contribution in [0.5, 0.6) is 0 Å². The molecule has 3 rings (SSSR count). The van der Waals surface area contributed by atoms with Gasteiger partial charge in [0.25, 0.3) is 0 Å². The van der Waals surface area contributed by atoms with E-state index >= 15 is 0 Å². The van der Waals surface area contributed by atoms with E-state index in [4.69, 9.17) is 4.98 Å². The minimum absolute atomic E-state index is 0.414. The first-order valence-corrected chi connectivity index (χ1v) is 8.07. The maximum Gasteiger partial charge on any atom is 0.133 e. The zero-order valence-electron chi connectivity index (χ0n) is 12.3. The summed E-state index contributed by atoms with van der Waals surface area (Å²) in [6.07, 6.45) is 2.09. The first kappa shape index (κ1) is 13.5. The molecular weight excluding hydrogens is 268 g/mol. The van der Waals surface area contributed by atoms with Crippen LogP contribution < -0.4 is 4.90 Å². The monoisotopic (exact) mass is 288 g/mol. The van der Waals surface area contributed by atoms with Crippen LogP contribution in [-0.2, 0) is 13.0 Å². The Bertz CT molecular complexity index is 608. The summed E-state index contributed by atoms with van der Waals surface area (Å²) in [4.78, 5) is 17.5. The molecule has 106 valence electrons. The van der Waals surface area contributed by atoms with Gasteiger partial charge >= 0.3 is 0 Å². The molecular formula is C15H20N4S. The lowest BCUT2D eigenvalue weighted by Gasteiger charge is -2.28. The predicted octanol–water partition coefficient (Wildman–Crippen LogP) is 3.32. The molecule has 0 aromatic carbocycles. The van der Waals surface area contributed by atoms with Crippen molar-refractivity contribution in [1.82, 2.24) is 15.0 Å². The number of aromatic nitrogens is 3. The van der Waals surface area contributed by atoms with E-state index in [1.807, 2.05) is 5.51 Å². The number of anilines is 1. The first-order chi connectivity index (χ1) is 9.67. The van der Waals surface area contributed by atoms with E-state index in [1.54, 1.807) is 11.3 Å². The van der Waals surface area contributed by atoms with Crippen LogP contribution in [0.2, 0.25) is 0 Å². The standard InChI is InChI=1S/C15H20N4S/c1-4-10(2)15-17-11(3)7-14(18-15)19-6-5-12-13(8-19)20-9-16-12/h7,9-10H,4-6,8H2,1-3H3. The van der Waals surface area contributed by atoms with Crippen molar-refractivity contribution in [3.8, 4) is 0 Å². The molecule has 0 aliphatic carbocycles. The van der Waals surface area contributed by atoms with Crippen LogP contribution in [0.3, 0.4) is 0 Å². The largest absolute Gasteiger partial charge is 0.351 e. The number of rotatable bonds is 3. The Labute approximate surface area is 123 Å². The number of thiazole rings is 1. The molecule has 2 aromatic heterocycles. The summed E-state index contributed by atoms with van der Waals surface area (Å²) in [5.74, 6) is 2.45. The van der Waals surface area contributed by atoms with Crippen LogP contribution in [0.25, 0.3) is 0 Å². The van der Waals surface area contributed by atoms with Crippen molar-refractivity contribution in [2.24, 2.45) is 0 Å². The van der Waals surface area contributed by atoms with Gasteiger partial charge in [-0.25, -0.2) is 15.0 Å². The molecule has 1 aliphatic rings. The van der Waals surface area contributed by atoms with Crippen molar-refractivity contribution < 1.29 is 0 Å². The third kappa shape index (κ3) is 2.54. The molecule has 0 spiro atoms. The summed E-state index contributed by atoms with van der Waals surface area (Å²) < 4.78 is 0. The van der Waals surface area contributed by atoms with Crippen molar-refractivity contribution in [3.05, 3.63) is 33.7 Å². The van der Waals surface area contributed by atoms with Gasteiger partial charge in [0, 0.05) is 35.5 Å². The van der Waals surface area contributed by atoms with Crippen molar-refractivity contribution in [1.29, 1.82) is 0 Å². The second kappa shape index (κ2) is 5.48. The van der Waals surface area contributed by atoms with Crippen LogP contribution in [0, 0.1) is 6.92 Å². The Hall–Kier alpha value is -1.49. The fourth-order valence-corrected chi connectivity index (χ4v) is 3.28. The van der Waals surface area contributed by atoms with Crippen LogP contribution in [0.1, 0.15) is 48.3 Å². The predicted molar refractivity (Wildman–Crippen MR) is 82.3 cm³/mol. The van der Waals surface area contributed by atoms with Gasteiger partial charge in [-0.1, -0.05) is 13.8 Å². The highest BCUT2D eigenvalue weighted by Crippen LogP contribution is 2.26. The number of nitrogens with zero attached hydrogens (tertiary/aromatic N) is 4. The highest BCUT2D eigenvalue weighted by molar-refractivity contribution is 7.09. The van der Waals surface area contributed by atoms with Gasteiger partial charge in [0.2, 0.25) is 0 Å². The van der Waals surface area contributed by atoms with Crippen LogP contribution in [0.15, 0.2) is 11.6 Å². The van der Waals surface area contributed by atoms with E-state index in [0.717, 1.165) is 43.3 Å². The van der Waals surface area contributed by atoms with Gasteiger partial charge in [-0.15, -0.1) is 11.3 Å². The summed E-state index contributed by atoms with van der Waals surface area (Å²) in [7, 11) is 0. The van der Waals surface area contributed by atoms with Gasteiger partial charge in [0.05, 0.1) is 17.7 Å². The number of hydrogen-bond acceptors (Lipinski definition) is 5. The minimum atomic E-state index is 0.414. The van der Waals surface area contributed by atoms with Gasteiger partial charge in [-0.3, -0.25) is 0 Å². The zero-order chi connectivity index (χ0) is 14.1. The molecule has 1 aliphatic heterocycles. The Morgan fingerprint density at radius 1 is 1.40 bits per heavy atom. The molecule has 0 saturated heterocycles. The SMILES string of the molecule is CCC(C)c1nc(C)cc(N2CCc3ncsc3C2)n1. The Morgan fingerprint density at radius 2 is 2.25 bits per heavy atom. The fraction of sp³-hybridized carbons (Fsp3) is 0.533. The first-order valence-electron chi connectivity index (χ1n) is 7.19. The summed E-state index contributed by atoms with van der Waals surface area (Å²) in [6.45, 7) is 8.35. The van der Waals surface area contributed by atoms with Gasteiger partial charge in [0.1, 0.15) is 11.6 Å². The van der Waals surface area contributed by atoms with Gasteiger partial charge in [0.15, 0.2) is 0 Å². The van der Waals surface area contributed by atoms with E-state index in [-0.39, 0.29) is 0 Å². The second-order valence-corrected chi connectivity index (χ2v) is 6.37. The third-order valence-corrected chi connectivity index (χ3v) is 4.77. The molecule has 1 unspecified atom stereocenters. The number of aryl methyl sites for hydroxylation is 1. The van der Waals surface area contributed by atoms with Gasteiger partial charge in [-0.2, -0.15) is 0 Å². The van der Waals surface area contributed by atoms with Crippen molar-refractivity contribution in [2.45, 2.75) is 46.1 Å². The molecule has 0 radical (unpaired) electrons. The van der Waals surface area contributed by atoms with Crippen LogP contribution in [-0.4, -0.2) is 21.5 Å². The summed E-state index contributed by atoms with van der Waals surface area (Å²) in [5.41, 5.74) is 4.27. The zero-order valence-corrected chi connectivity index (χ0v) is 13.1. The molecule has 0 fully saturated rings. The lowest BCUT2D eigenvalue weighted by atomic mass is 10.1. The van der Waals surface area contributed by atoms with Crippen molar-refractivity contribution >= 4 is 17.2 Å². The summed E-state index contributed by atoms with van der Waals surface area (Å²) >= 11 is 1.75. The maximum absolute atomic E-state index is 4.78. The van der Waals surface area contributed by atoms with Crippen LogP contribution >= 0.6 is 11.3 Å². The van der Waals surface area contributed by atoms with Gasteiger partial charge in [-0.05, 0) is 13.3 Å². The highest BCUT2D eigenvalue weighted by Gasteiger charge is 2.21. The Morgan fingerprint density at radius 3 is 3.05 bits per heavy atom. The van der Waals surface area contributed by atoms with Crippen molar-refractivity contribution in [2.75, 3.05) is 11.4 Å². The molecule has 0 saturated carbocycles. The molecule has 2 aromatic rings. The Balaban J connectivity index is 1.89. The minimum Gasteiger partial charge on any atom is -0.351 e. The molecule has 1 atom stereocenters. The summed E-state index contributed by atoms with van der Waals surface area (Å²) in [5, 5.41) is 0. The summed E-state index contributed by atoms with van der Waals surface area (Å²) in [6, 6.07) is 2.10. The number of hydrogen-bond donors (Lipinski definition) is 0. The maximum atomic E-state index is 4.78. The van der Waals surface area contributed by atoms with E-state index in [2.05, 4.69) is 41.7 Å². The van der Waals surface area contributed by atoms with E-state index in [9.17, 15) is 0 Å². The molecule has 3 heterocycles. The molecule has 5 heteroatoms. The second-order valence-electron chi connectivity index (χ2n) is 5.43. The normalized spacial score (nSPS) is 16.1. The van der Waals surface area contributed by atoms with Crippen molar-refractivity contribution in [3.63, 3.8) is 0 Å². The third-order valence-electron chi connectivity index (χ3n) is 3.91. The molecule has 4 nitrogen and oxygen atoms in total. The van der Waals surface area contributed by atoms with E-state index < -0.39 is 0 Å². The van der Waals surface area contributed by atoms with Crippen LogP contribution in [0.4, 0.5) is 5.82 Å². The van der Waals surface area contributed by atoms with E-state index in [0.29, 0.717) is 5.92 Å². The quantitative estimate of drug-likeness (QED) is 0.869. The highest BCUT2D eigenvalue weighted by atomic mass is 32.1. The topological polar surface area (TPSA) is 41.9 Å². The average molecular weight is 288 g/mol. The molecule has 0 N–H and O–H groups in total. The molecule has 0 bridgehead atoms. The van der Waals surface area contributed by atoms with E-state index in [1.165, 1.54) is 10.6 Å². The molecule has 0 amide bonds.